The monoisotopic (exact) mass is 314 g/mol. The van der Waals surface area contributed by atoms with E-state index in [0.717, 1.165) is 18.5 Å². The Balaban J connectivity index is 1.80. The van der Waals surface area contributed by atoms with Gasteiger partial charge in [-0.1, -0.05) is 6.07 Å². The summed E-state index contributed by atoms with van der Waals surface area (Å²) in [5, 5.41) is 0. The fourth-order valence-corrected chi connectivity index (χ4v) is 2.32. The summed E-state index contributed by atoms with van der Waals surface area (Å²) in [7, 11) is 1.56. The van der Waals surface area contributed by atoms with Crippen molar-refractivity contribution in [2.45, 2.75) is 20.3 Å². The van der Waals surface area contributed by atoms with Gasteiger partial charge >= 0.3 is 0 Å². The Morgan fingerprint density at radius 1 is 0.913 bits per heavy atom. The van der Waals surface area contributed by atoms with Gasteiger partial charge in [-0.15, -0.1) is 0 Å². The molecule has 0 aromatic heterocycles. The van der Waals surface area contributed by atoms with E-state index in [1.807, 2.05) is 12.1 Å². The van der Waals surface area contributed by atoms with Gasteiger partial charge in [0.2, 0.25) is 0 Å². The van der Waals surface area contributed by atoms with Crippen LogP contribution >= 0.6 is 0 Å². The van der Waals surface area contributed by atoms with Gasteiger partial charge in [0.25, 0.3) is 0 Å². The van der Waals surface area contributed by atoms with E-state index < -0.39 is 0 Å². The maximum atomic E-state index is 10.8. The summed E-state index contributed by atoms with van der Waals surface area (Å²) >= 11 is 0. The molecule has 0 saturated heterocycles. The topological polar surface area (TPSA) is 44.8 Å². The molecule has 2 rings (SSSR count). The van der Waals surface area contributed by atoms with Crippen LogP contribution in [0.15, 0.2) is 36.4 Å². The molecule has 0 atom stereocenters. The molecule has 23 heavy (non-hydrogen) atoms. The zero-order chi connectivity index (χ0) is 16.7. The molecular formula is C19H22O4. The molecule has 0 spiro atoms. The lowest BCUT2D eigenvalue weighted by atomic mass is 10.1. The quantitative estimate of drug-likeness (QED) is 0.546. The van der Waals surface area contributed by atoms with Crippen LogP contribution in [0.4, 0.5) is 0 Å². The SMILES string of the molecule is COc1cc(C=O)ccc1OCCCOc1cc(C)cc(C)c1. The second kappa shape index (κ2) is 8.22. The number of aryl methyl sites for hydroxylation is 2. The van der Waals surface area contributed by atoms with E-state index in [2.05, 4.69) is 19.9 Å². The Morgan fingerprint density at radius 3 is 2.26 bits per heavy atom. The highest BCUT2D eigenvalue weighted by atomic mass is 16.5. The van der Waals surface area contributed by atoms with E-state index in [-0.39, 0.29) is 0 Å². The van der Waals surface area contributed by atoms with Crippen LogP contribution < -0.4 is 14.2 Å². The minimum Gasteiger partial charge on any atom is -0.493 e. The van der Waals surface area contributed by atoms with Gasteiger partial charge in [0.05, 0.1) is 20.3 Å². The van der Waals surface area contributed by atoms with Crippen molar-refractivity contribution in [3.8, 4) is 17.2 Å². The molecule has 0 aliphatic rings. The number of hydrogen-bond donors (Lipinski definition) is 0. The molecule has 0 saturated carbocycles. The van der Waals surface area contributed by atoms with Crippen molar-refractivity contribution >= 4 is 6.29 Å². The Kier molecular flexibility index (Phi) is 6.03. The van der Waals surface area contributed by atoms with Gasteiger partial charge in [0.1, 0.15) is 12.0 Å². The Labute approximate surface area is 137 Å². The summed E-state index contributed by atoms with van der Waals surface area (Å²) in [6.07, 6.45) is 1.54. The summed E-state index contributed by atoms with van der Waals surface area (Å²) in [5.74, 6) is 2.07. The van der Waals surface area contributed by atoms with Gasteiger partial charge in [-0.05, 0) is 55.3 Å². The summed E-state index contributed by atoms with van der Waals surface area (Å²) in [4.78, 5) is 10.8. The third kappa shape index (κ3) is 5.02. The molecule has 0 aliphatic heterocycles. The van der Waals surface area contributed by atoms with Crippen LogP contribution in [-0.2, 0) is 0 Å². The van der Waals surface area contributed by atoms with Crippen LogP contribution in [0.2, 0.25) is 0 Å². The lowest BCUT2D eigenvalue weighted by Gasteiger charge is -2.12. The van der Waals surface area contributed by atoms with Crippen LogP contribution in [0.3, 0.4) is 0 Å². The highest BCUT2D eigenvalue weighted by Crippen LogP contribution is 2.27. The largest absolute Gasteiger partial charge is 0.493 e. The molecule has 0 amide bonds. The standard InChI is InChI=1S/C19H22O4/c1-14-9-15(2)11-17(10-14)22-7-4-8-23-18-6-5-16(13-20)12-19(18)21-3/h5-6,9-13H,4,7-8H2,1-3H3. The maximum absolute atomic E-state index is 10.8. The van der Waals surface area contributed by atoms with E-state index in [4.69, 9.17) is 14.2 Å². The average molecular weight is 314 g/mol. The predicted molar refractivity (Wildman–Crippen MR) is 89.9 cm³/mol. The van der Waals surface area contributed by atoms with Crippen LogP contribution in [0, 0.1) is 13.8 Å². The van der Waals surface area contributed by atoms with Crippen LogP contribution in [0.25, 0.3) is 0 Å². The number of ether oxygens (including phenoxy) is 3. The molecule has 0 radical (unpaired) electrons. The smallest absolute Gasteiger partial charge is 0.161 e. The third-order valence-corrected chi connectivity index (χ3v) is 3.33. The summed E-state index contributed by atoms with van der Waals surface area (Å²) in [6, 6.07) is 11.3. The molecule has 4 nitrogen and oxygen atoms in total. The zero-order valence-electron chi connectivity index (χ0n) is 13.8. The van der Waals surface area contributed by atoms with Crippen molar-refractivity contribution in [1.82, 2.24) is 0 Å². The van der Waals surface area contributed by atoms with E-state index >= 15 is 0 Å². The number of aldehydes is 1. The number of carbonyl (C=O) groups excluding carboxylic acids is 1. The lowest BCUT2D eigenvalue weighted by molar-refractivity contribution is 0.112. The first-order chi connectivity index (χ1) is 11.1. The average Bonchev–Trinajstić information content (AvgIpc) is 2.53. The van der Waals surface area contributed by atoms with Gasteiger partial charge < -0.3 is 14.2 Å². The lowest BCUT2D eigenvalue weighted by Crippen LogP contribution is -2.06. The summed E-state index contributed by atoms with van der Waals surface area (Å²) in [5.41, 5.74) is 2.94. The number of hydrogen-bond acceptors (Lipinski definition) is 4. The molecule has 0 aliphatic carbocycles. The molecular weight excluding hydrogens is 292 g/mol. The molecule has 0 fully saturated rings. The summed E-state index contributed by atoms with van der Waals surface area (Å²) < 4.78 is 16.7. The first-order valence-electron chi connectivity index (χ1n) is 7.59. The van der Waals surface area contributed by atoms with Crippen molar-refractivity contribution < 1.29 is 19.0 Å². The van der Waals surface area contributed by atoms with E-state index in [1.165, 1.54) is 11.1 Å². The van der Waals surface area contributed by atoms with Crippen LogP contribution in [0.1, 0.15) is 27.9 Å². The van der Waals surface area contributed by atoms with Crippen molar-refractivity contribution in [3.05, 3.63) is 53.1 Å². The molecule has 4 heteroatoms. The van der Waals surface area contributed by atoms with Crippen LogP contribution in [-0.4, -0.2) is 26.6 Å². The number of carbonyl (C=O) groups is 1. The van der Waals surface area contributed by atoms with Crippen LogP contribution in [0.5, 0.6) is 17.2 Å². The fourth-order valence-electron chi connectivity index (χ4n) is 2.32. The van der Waals surface area contributed by atoms with E-state index in [0.29, 0.717) is 30.3 Å². The molecule has 0 bridgehead atoms. The first-order valence-corrected chi connectivity index (χ1v) is 7.59. The maximum Gasteiger partial charge on any atom is 0.161 e. The van der Waals surface area contributed by atoms with Gasteiger partial charge in [-0.2, -0.15) is 0 Å². The number of rotatable bonds is 8. The first kappa shape index (κ1) is 16.9. The number of methoxy groups -OCH3 is 1. The molecule has 2 aromatic rings. The molecule has 122 valence electrons. The minimum absolute atomic E-state index is 0.515. The van der Waals surface area contributed by atoms with Crippen molar-refractivity contribution in [2.24, 2.45) is 0 Å². The Morgan fingerprint density at radius 2 is 1.61 bits per heavy atom. The predicted octanol–water partition coefficient (Wildman–Crippen LogP) is 3.97. The Bertz CT molecular complexity index is 644. The van der Waals surface area contributed by atoms with Crippen molar-refractivity contribution in [1.29, 1.82) is 0 Å². The van der Waals surface area contributed by atoms with Crippen molar-refractivity contribution in [2.75, 3.05) is 20.3 Å². The molecule has 2 aromatic carbocycles. The van der Waals surface area contributed by atoms with Gasteiger partial charge in [0.15, 0.2) is 11.5 Å². The second-order valence-electron chi connectivity index (χ2n) is 5.40. The number of benzene rings is 2. The highest BCUT2D eigenvalue weighted by Gasteiger charge is 2.05. The molecule has 0 N–H and O–H groups in total. The molecule has 0 heterocycles. The fraction of sp³-hybridized carbons (Fsp3) is 0.316. The Hall–Kier alpha value is -2.49. The van der Waals surface area contributed by atoms with Gasteiger partial charge in [-0.3, -0.25) is 4.79 Å². The highest BCUT2D eigenvalue weighted by molar-refractivity contribution is 5.76. The van der Waals surface area contributed by atoms with Gasteiger partial charge in [0, 0.05) is 12.0 Å². The molecule has 0 unspecified atom stereocenters. The van der Waals surface area contributed by atoms with E-state index in [9.17, 15) is 4.79 Å². The second-order valence-corrected chi connectivity index (χ2v) is 5.40. The summed E-state index contributed by atoms with van der Waals surface area (Å²) in [6.45, 7) is 5.20. The minimum atomic E-state index is 0.515. The van der Waals surface area contributed by atoms with E-state index in [1.54, 1.807) is 25.3 Å². The normalized spacial score (nSPS) is 10.2. The third-order valence-electron chi connectivity index (χ3n) is 3.33. The zero-order valence-corrected chi connectivity index (χ0v) is 13.8. The van der Waals surface area contributed by atoms with Gasteiger partial charge in [-0.25, -0.2) is 0 Å². The van der Waals surface area contributed by atoms with Crippen molar-refractivity contribution in [3.63, 3.8) is 0 Å².